The molecule has 33 heavy (non-hydrogen) atoms. The molecule has 4 fully saturated rings. The topological polar surface area (TPSA) is 40.6 Å². The highest BCUT2D eigenvalue weighted by Gasteiger charge is 2.57. The van der Waals surface area contributed by atoms with Crippen molar-refractivity contribution in [2.45, 2.75) is 109 Å². The summed E-state index contributed by atoms with van der Waals surface area (Å²) in [6.07, 6.45) is 24.8. The first-order valence-corrected chi connectivity index (χ1v) is 14.1. The molecule has 1 aliphatic carbocycles. The minimum atomic E-state index is 0.110. The lowest BCUT2D eigenvalue weighted by atomic mass is 9.54. The Bertz CT molecular complexity index is 786. The highest BCUT2D eigenvalue weighted by molar-refractivity contribution is 5.78. The highest BCUT2D eigenvalue weighted by Crippen LogP contribution is 2.55. The van der Waals surface area contributed by atoms with Crippen LogP contribution in [0, 0.1) is 17.3 Å². The Labute approximate surface area is 200 Å². The van der Waals surface area contributed by atoms with Crippen LogP contribution < -0.4 is 0 Å². The molecule has 0 N–H and O–H groups in total. The maximum atomic E-state index is 13.5. The summed E-state index contributed by atoms with van der Waals surface area (Å²) in [4.78, 5) is 31.4. The van der Waals surface area contributed by atoms with E-state index in [2.05, 4.69) is 28.0 Å². The lowest BCUT2D eigenvalue weighted by molar-refractivity contribution is -0.159. The molecule has 0 aromatic rings. The summed E-state index contributed by atoms with van der Waals surface area (Å²) >= 11 is 0. The zero-order valence-electron chi connectivity index (χ0n) is 20.6. The van der Waals surface area contributed by atoms with Crippen molar-refractivity contribution in [3.63, 3.8) is 0 Å². The fourth-order valence-electron chi connectivity index (χ4n) is 7.83. The number of carbonyl (C=O) groups is 2. The lowest BCUT2D eigenvalue weighted by Gasteiger charge is -2.62. The molecule has 3 saturated heterocycles. The number of rotatable bonds is 0. The van der Waals surface area contributed by atoms with Crippen LogP contribution in [0.25, 0.3) is 0 Å². The third-order valence-corrected chi connectivity index (χ3v) is 9.51. The van der Waals surface area contributed by atoms with Gasteiger partial charge >= 0.3 is 0 Å². The maximum absolute atomic E-state index is 13.5. The van der Waals surface area contributed by atoms with Crippen LogP contribution in [0.5, 0.6) is 0 Å². The third kappa shape index (κ3) is 4.95. The Morgan fingerprint density at radius 2 is 1.58 bits per heavy atom. The number of amides is 2. The summed E-state index contributed by atoms with van der Waals surface area (Å²) in [5.74, 6) is 1.97. The van der Waals surface area contributed by atoms with Crippen molar-refractivity contribution >= 4 is 11.8 Å². The summed E-state index contributed by atoms with van der Waals surface area (Å²) in [6.45, 7) is 2.72. The van der Waals surface area contributed by atoms with E-state index in [1.807, 2.05) is 0 Å². The minimum Gasteiger partial charge on any atom is -0.342 e. The molecule has 1 saturated carbocycles. The van der Waals surface area contributed by atoms with Gasteiger partial charge in [-0.25, -0.2) is 0 Å². The Morgan fingerprint density at radius 3 is 2.42 bits per heavy atom. The number of nitrogens with zero attached hydrogens (tertiary/aromatic N) is 2. The second kappa shape index (κ2) is 10.4. The summed E-state index contributed by atoms with van der Waals surface area (Å²) in [5.41, 5.74) is 1.59. The Balaban J connectivity index is 1.47. The standard InChI is InChI=1S/C29H44N2O2/c32-27-15-11-7-3-1-2-4-9-13-17-29-21-30(27)20-24-18-23-14-10-6-5-8-12-16-28(33)31(22-29)26(23)19-25(24)29/h5-6,14,24-26H,1-4,7-13,15-22H2/b6-5-,23-14?/t24-,25-,26+,29-/m1/s1. The van der Waals surface area contributed by atoms with Crippen molar-refractivity contribution in [1.29, 1.82) is 0 Å². The molecule has 4 aliphatic heterocycles. The van der Waals surface area contributed by atoms with E-state index in [4.69, 9.17) is 0 Å². The molecule has 4 atom stereocenters. The van der Waals surface area contributed by atoms with Gasteiger partial charge in [0.1, 0.15) is 0 Å². The molecule has 5 aliphatic rings. The number of fused-ring (bicyclic) bond motifs is 1. The molecule has 0 radical (unpaired) electrons. The second-order valence-electron chi connectivity index (χ2n) is 11.7. The smallest absolute Gasteiger partial charge is 0.223 e. The van der Waals surface area contributed by atoms with Crippen LogP contribution in [0.4, 0.5) is 0 Å². The van der Waals surface area contributed by atoms with E-state index in [0.717, 1.165) is 58.2 Å². The van der Waals surface area contributed by atoms with E-state index in [-0.39, 0.29) is 5.41 Å². The average Bonchev–Trinajstić information content (AvgIpc) is 2.85. The average molecular weight is 453 g/mol. The van der Waals surface area contributed by atoms with E-state index in [1.165, 1.54) is 56.9 Å². The number of allylic oxidation sites excluding steroid dienone is 3. The van der Waals surface area contributed by atoms with Crippen molar-refractivity contribution in [3.8, 4) is 0 Å². The molecule has 4 bridgehead atoms. The molecule has 0 unspecified atom stereocenters. The number of hydrogen-bond donors (Lipinski definition) is 0. The maximum Gasteiger partial charge on any atom is 0.223 e. The van der Waals surface area contributed by atoms with Gasteiger partial charge in [0.2, 0.25) is 11.8 Å². The van der Waals surface area contributed by atoms with Gasteiger partial charge in [0, 0.05) is 37.9 Å². The van der Waals surface area contributed by atoms with E-state index in [9.17, 15) is 9.59 Å². The molecular formula is C29H44N2O2. The Morgan fingerprint density at radius 1 is 0.818 bits per heavy atom. The van der Waals surface area contributed by atoms with E-state index in [0.29, 0.717) is 42.5 Å². The first kappa shape index (κ1) is 23.2. The predicted molar refractivity (Wildman–Crippen MR) is 133 cm³/mol. The van der Waals surface area contributed by atoms with Crippen molar-refractivity contribution in [2.24, 2.45) is 17.3 Å². The molecule has 1 spiro atoms. The first-order chi connectivity index (χ1) is 16.2. The SMILES string of the molecule is O=C1CCCCCCCCCC[C@@]23CN1C[C@H]1CC4=CC/C=C\CCCC(=O)N(C2)[C@H]4C[C@H]13. The summed E-state index contributed by atoms with van der Waals surface area (Å²) in [7, 11) is 0. The van der Waals surface area contributed by atoms with E-state index in [1.54, 1.807) is 0 Å². The van der Waals surface area contributed by atoms with Gasteiger partial charge in [-0.2, -0.15) is 0 Å². The molecule has 0 aromatic heterocycles. The van der Waals surface area contributed by atoms with Crippen molar-refractivity contribution in [2.75, 3.05) is 19.6 Å². The van der Waals surface area contributed by atoms with Crippen LogP contribution in [-0.4, -0.2) is 47.3 Å². The van der Waals surface area contributed by atoms with Gasteiger partial charge in [0.15, 0.2) is 0 Å². The third-order valence-electron chi connectivity index (χ3n) is 9.51. The normalized spacial score (nSPS) is 37.5. The summed E-state index contributed by atoms with van der Waals surface area (Å²) in [6, 6.07) is 0.311. The van der Waals surface area contributed by atoms with Crippen LogP contribution in [0.2, 0.25) is 0 Å². The molecule has 2 amide bonds. The summed E-state index contributed by atoms with van der Waals surface area (Å²) in [5, 5.41) is 0. The molecule has 182 valence electrons. The van der Waals surface area contributed by atoms with Gasteiger partial charge in [-0.15, -0.1) is 0 Å². The molecule has 5 rings (SSSR count). The predicted octanol–water partition coefficient (Wildman–Crippen LogP) is 6.02. The van der Waals surface area contributed by atoms with Gasteiger partial charge in [-0.3, -0.25) is 9.59 Å². The lowest BCUT2D eigenvalue weighted by Crippen LogP contribution is -2.67. The summed E-state index contributed by atoms with van der Waals surface area (Å²) < 4.78 is 0. The monoisotopic (exact) mass is 452 g/mol. The molecule has 4 heteroatoms. The largest absolute Gasteiger partial charge is 0.342 e. The Hall–Kier alpha value is -1.58. The van der Waals surface area contributed by atoms with Crippen LogP contribution >= 0.6 is 0 Å². The second-order valence-corrected chi connectivity index (χ2v) is 11.7. The number of hydrogen-bond acceptors (Lipinski definition) is 2. The van der Waals surface area contributed by atoms with Gasteiger partial charge < -0.3 is 9.80 Å². The zero-order chi connectivity index (χ0) is 22.7. The van der Waals surface area contributed by atoms with E-state index >= 15 is 0 Å². The molecule has 4 nitrogen and oxygen atoms in total. The Kier molecular flexibility index (Phi) is 7.27. The van der Waals surface area contributed by atoms with E-state index < -0.39 is 0 Å². The molecular weight excluding hydrogens is 408 g/mol. The van der Waals surface area contributed by atoms with Crippen LogP contribution in [0.1, 0.15) is 103 Å². The van der Waals surface area contributed by atoms with Crippen molar-refractivity contribution in [3.05, 3.63) is 23.8 Å². The van der Waals surface area contributed by atoms with Crippen molar-refractivity contribution in [1.82, 2.24) is 9.80 Å². The number of carbonyl (C=O) groups excluding carboxylic acids is 2. The zero-order valence-corrected chi connectivity index (χ0v) is 20.6. The molecule has 4 heterocycles. The van der Waals surface area contributed by atoms with Gasteiger partial charge in [-0.1, -0.05) is 68.7 Å². The highest BCUT2D eigenvalue weighted by atomic mass is 16.2. The number of piperidine rings is 2. The molecule has 0 aromatic carbocycles. The van der Waals surface area contributed by atoms with Gasteiger partial charge in [0.05, 0.1) is 6.04 Å². The first-order valence-electron chi connectivity index (χ1n) is 14.1. The fraction of sp³-hybridized carbons (Fsp3) is 0.793. The van der Waals surface area contributed by atoms with Crippen molar-refractivity contribution < 1.29 is 9.59 Å². The fourth-order valence-corrected chi connectivity index (χ4v) is 7.83. The van der Waals surface area contributed by atoms with Crippen LogP contribution in [0.15, 0.2) is 23.8 Å². The van der Waals surface area contributed by atoms with Crippen LogP contribution in [-0.2, 0) is 9.59 Å². The van der Waals surface area contributed by atoms with Crippen LogP contribution in [0.3, 0.4) is 0 Å². The quantitative estimate of drug-likeness (QED) is 0.422. The van der Waals surface area contributed by atoms with Gasteiger partial charge in [0.25, 0.3) is 0 Å². The van der Waals surface area contributed by atoms with Gasteiger partial charge in [-0.05, 0) is 56.8 Å². The minimum absolute atomic E-state index is 0.110.